The monoisotopic (exact) mass is 297 g/mol. The minimum atomic E-state index is -3.25. The van der Waals surface area contributed by atoms with Gasteiger partial charge in [0.05, 0.1) is 0 Å². The van der Waals surface area contributed by atoms with Gasteiger partial charge in [-0.05, 0) is 11.4 Å². The highest BCUT2D eigenvalue weighted by Crippen LogP contribution is 2.20. The summed E-state index contributed by atoms with van der Waals surface area (Å²) in [6, 6.07) is 3.39. The van der Waals surface area contributed by atoms with Crippen molar-refractivity contribution in [1.29, 1.82) is 0 Å². The molecule has 1 heterocycles. The summed E-state index contributed by atoms with van der Waals surface area (Å²) in [6.07, 6.45) is 0. The van der Waals surface area contributed by atoms with Crippen LogP contribution in [0.5, 0.6) is 0 Å². The molecule has 0 aliphatic heterocycles. The standard InChI is InChI=1S/C8H12BrNO2S2/c1-2-10(6-5-9)14(11,12)8-4-3-7-13-8/h3-4,7H,2,5-6H2,1H3. The second kappa shape index (κ2) is 5.25. The molecule has 1 aromatic heterocycles. The molecule has 1 rings (SSSR count). The Kier molecular flexibility index (Phi) is 4.56. The average molecular weight is 298 g/mol. The Morgan fingerprint density at radius 2 is 2.29 bits per heavy atom. The lowest BCUT2D eigenvalue weighted by Gasteiger charge is -2.17. The summed E-state index contributed by atoms with van der Waals surface area (Å²) in [7, 11) is -3.25. The van der Waals surface area contributed by atoms with Gasteiger partial charge in [0.15, 0.2) is 0 Å². The number of hydrogen-bond acceptors (Lipinski definition) is 3. The van der Waals surface area contributed by atoms with E-state index in [1.807, 2.05) is 6.92 Å². The van der Waals surface area contributed by atoms with Gasteiger partial charge < -0.3 is 0 Å². The van der Waals surface area contributed by atoms with Crippen LogP contribution >= 0.6 is 27.3 Å². The van der Waals surface area contributed by atoms with Crippen LogP contribution in [-0.4, -0.2) is 31.1 Å². The minimum Gasteiger partial charge on any atom is -0.206 e. The molecule has 3 nitrogen and oxygen atoms in total. The van der Waals surface area contributed by atoms with E-state index < -0.39 is 10.0 Å². The van der Waals surface area contributed by atoms with E-state index in [0.29, 0.717) is 22.6 Å². The molecule has 0 radical (unpaired) electrons. The van der Waals surface area contributed by atoms with Crippen molar-refractivity contribution in [2.45, 2.75) is 11.1 Å². The molecule has 6 heteroatoms. The first-order chi connectivity index (χ1) is 6.62. The molecule has 0 atom stereocenters. The summed E-state index contributed by atoms with van der Waals surface area (Å²) in [5, 5.41) is 2.43. The van der Waals surface area contributed by atoms with Gasteiger partial charge >= 0.3 is 0 Å². The summed E-state index contributed by atoms with van der Waals surface area (Å²) in [4.78, 5) is 0. The molecule has 80 valence electrons. The molecule has 0 aromatic carbocycles. The largest absolute Gasteiger partial charge is 0.252 e. The second-order valence-corrected chi connectivity index (χ2v) is 6.52. The lowest BCUT2D eigenvalue weighted by atomic mass is 10.7. The molecule has 0 N–H and O–H groups in total. The van der Waals surface area contributed by atoms with E-state index in [9.17, 15) is 8.42 Å². The fraction of sp³-hybridized carbons (Fsp3) is 0.500. The van der Waals surface area contributed by atoms with Crippen molar-refractivity contribution in [2.24, 2.45) is 0 Å². The van der Waals surface area contributed by atoms with Crippen LogP contribution in [0.4, 0.5) is 0 Å². The SMILES string of the molecule is CCN(CCBr)S(=O)(=O)c1cccs1. The first kappa shape index (κ1) is 12.2. The van der Waals surface area contributed by atoms with Crippen molar-refractivity contribution in [2.75, 3.05) is 18.4 Å². The van der Waals surface area contributed by atoms with Crippen molar-refractivity contribution >= 4 is 37.3 Å². The Hall–Kier alpha value is 0.0900. The molecule has 0 aliphatic carbocycles. The van der Waals surface area contributed by atoms with E-state index in [1.54, 1.807) is 17.5 Å². The average Bonchev–Trinajstić information content (AvgIpc) is 2.66. The molecule has 0 fully saturated rings. The number of alkyl halides is 1. The molecule has 0 saturated carbocycles. The number of thiophene rings is 1. The maximum Gasteiger partial charge on any atom is 0.252 e. The van der Waals surface area contributed by atoms with E-state index in [2.05, 4.69) is 15.9 Å². The highest BCUT2D eigenvalue weighted by Gasteiger charge is 2.22. The summed E-state index contributed by atoms with van der Waals surface area (Å²) < 4.78 is 25.7. The summed E-state index contributed by atoms with van der Waals surface area (Å²) in [5.41, 5.74) is 0. The summed E-state index contributed by atoms with van der Waals surface area (Å²) >= 11 is 4.50. The van der Waals surface area contributed by atoms with Crippen LogP contribution in [0.1, 0.15) is 6.92 Å². The quantitative estimate of drug-likeness (QED) is 0.781. The van der Waals surface area contributed by atoms with Gasteiger partial charge in [-0.3, -0.25) is 0 Å². The fourth-order valence-electron chi connectivity index (χ4n) is 1.08. The first-order valence-electron chi connectivity index (χ1n) is 4.22. The Morgan fingerprint density at radius 1 is 1.57 bits per heavy atom. The molecule has 0 bridgehead atoms. The molecule has 0 unspecified atom stereocenters. The van der Waals surface area contributed by atoms with Gasteiger partial charge in [-0.1, -0.05) is 28.9 Å². The zero-order valence-corrected chi connectivity index (χ0v) is 11.0. The molecule has 0 saturated heterocycles. The van der Waals surface area contributed by atoms with Crippen LogP contribution in [0.3, 0.4) is 0 Å². The molecular formula is C8H12BrNO2S2. The van der Waals surface area contributed by atoms with Crippen molar-refractivity contribution in [3.05, 3.63) is 17.5 Å². The summed E-state index contributed by atoms with van der Waals surface area (Å²) in [6.45, 7) is 2.86. The van der Waals surface area contributed by atoms with Crippen molar-refractivity contribution < 1.29 is 8.42 Å². The topological polar surface area (TPSA) is 37.4 Å². The van der Waals surface area contributed by atoms with E-state index in [-0.39, 0.29) is 0 Å². The molecule has 0 aliphatic rings. The van der Waals surface area contributed by atoms with E-state index in [1.165, 1.54) is 15.6 Å². The third kappa shape index (κ3) is 2.56. The number of hydrogen-bond donors (Lipinski definition) is 0. The van der Waals surface area contributed by atoms with Gasteiger partial charge in [-0.2, -0.15) is 4.31 Å². The van der Waals surface area contributed by atoms with Crippen molar-refractivity contribution in [3.8, 4) is 0 Å². The summed E-state index contributed by atoms with van der Waals surface area (Å²) in [5.74, 6) is 0. The predicted octanol–water partition coefficient (Wildman–Crippen LogP) is 2.15. The number of halogens is 1. The zero-order valence-electron chi connectivity index (χ0n) is 7.81. The fourth-order valence-corrected chi connectivity index (χ4v) is 4.34. The lowest BCUT2D eigenvalue weighted by Crippen LogP contribution is -2.31. The smallest absolute Gasteiger partial charge is 0.206 e. The Labute approximate surface area is 96.9 Å². The van der Waals surface area contributed by atoms with Crippen LogP contribution in [0, 0.1) is 0 Å². The van der Waals surface area contributed by atoms with Crippen LogP contribution in [-0.2, 0) is 10.0 Å². The molecule has 1 aromatic rings. The Balaban J connectivity index is 2.94. The van der Waals surface area contributed by atoms with Crippen LogP contribution < -0.4 is 0 Å². The van der Waals surface area contributed by atoms with Gasteiger partial charge in [-0.15, -0.1) is 11.3 Å². The molecule has 14 heavy (non-hydrogen) atoms. The van der Waals surface area contributed by atoms with Gasteiger partial charge in [0.1, 0.15) is 4.21 Å². The number of sulfonamides is 1. The van der Waals surface area contributed by atoms with Crippen LogP contribution in [0.2, 0.25) is 0 Å². The van der Waals surface area contributed by atoms with Gasteiger partial charge in [-0.25, -0.2) is 8.42 Å². The number of rotatable bonds is 5. The van der Waals surface area contributed by atoms with E-state index in [4.69, 9.17) is 0 Å². The third-order valence-electron chi connectivity index (χ3n) is 1.78. The van der Waals surface area contributed by atoms with Gasteiger partial charge in [0.2, 0.25) is 0 Å². The second-order valence-electron chi connectivity index (χ2n) is 2.62. The molecule has 0 amide bonds. The van der Waals surface area contributed by atoms with Crippen LogP contribution in [0.15, 0.2) is 21.7 Å². The van der Waals surface area contributed by atoms with Crippen molar-refractivity contribution in [1.82, 2.24) is 4.31 Å². The van der Waals surface area contributed by atoms with Gasteiger partial charge in [0, 0.05) is 18.4 Å². The minimum absolute atomic E-state index is 0.417. The lowest BCUT2D eigenvalue weighted by molar-refractivity contribution is 0.450. The highest BCUT2D eigenvalue weighted by molar-refractivity contribution is 9.09. The maximum atomic E-state index is 11.9. The Bertz CT molecular complexity index is 361. The normalized spacial score (nSPS) is 12.2. The number of nitrogens with zero attached hydrogens (tertiary/aromatic N) is 1. The Morgan fingerprint density at radius 3 is 2.71 bits per heavy atom. The van der Waals surface area contributed by atoms with Crippen molar-refractivity contribution in [3.63, 3.8) is 0 Å². The predicted molar refractivity (Wildman–Crippen MR) is 62.5 cm³/mol. The molecular weight excluding hydrogens is 286 g/mol. The van der Waals surface area contributed by atoms with Gasteiger partial charge in [0.25, 0.3) is 10.0 Å². The zero-order chi connectivity index (χ0) is 10.6. The van der Waals surface area contributed by atoms with Crippen LogP contribution in [0.25, 0.3) is 0 Å². The third-order valence-corrected chi connectivity index (χ3v) is 5.48. The highest BCUT2D eigenvalue weighted by atomic mass is 79.9. The first-order valence-corrected chi connectivity index (χ1v) is 7.66. The maximum absolute atomic E-state index is 11.9. The molecule has 0 spiro atoms. The van der Waals surface area contributed by atoms with E-state index >= 15 is 0 Å². The van der Waals surface area contributed by atoms with E-state index in [0.717, 1.165) is 0 Å².